The highest BCUT2D eigenvalue weighted by atomic mass is 16.5. The minimum Gasteiger partial charge on any atom is -0.477 e. The number of morpholine rings is 1. The Morgan fingerprint density at radius 1 is 1.48 bits per heavy atom. The molecule has 5 nitrogen and oxygen atoms in total. The first-order valence-corrected chi connectivity index (χ1v) is 7.18. The van der Waals surface area contributed by atoms with Crippen LogP contribution >= 0.6 is 0 Å². The van der Waals surface area contributed by atoms with Crippen molar-refractivity contribution in [1.29, 1.82) is 0 Å². The van der Waals surface area contributed by atoms with E-state index in [4.69, 9.17) is 4.74 Å². The fraction of sp³-hybridized carbons (Fsp3) is 0.375. The first kappa shape index (κ1) is 13.8. The van der Waals surface area contributed by atoms with Crippen molar-refractivity contribution in [2.24, 2.45) is 0 Å². The molecule has 2 aromatic rings. The molecule has 0 saturated carbocycles. The number of ether oxygens (including phenoxy) is 1. The normalized spacial score (nSPS) is 18.9. The molecular weight excluding hydrogens is 268 g/mol. The monoisotopic (exact) mass is 286 g/mol. The molecule has 5 heteroatoms. The largest absolute Gasteiger partial charge is 0.477 e. The number of fused-ring (bicyclic) bond motifs is 1. The zero-order valence-electron chi connectivity index (χ0n) is 12.0. The lowest BCUT2D eigenvalue weighted by Crippen LogP contribution is -2.42. The average Bonchev–Trinajstić information content (AvgIpc) is 2.53. The van der Waals surface area contributed by atoms with Crippen LogP contribution in [0.3, 0.4) is 0 Å². The van der Waals surface area contributed by atoms with E-state index in [-0.39, 0.29) is 11.8 Å². The molecule has 2 heterocycles. The molecule has 0 radical (unpaired) electrons. The van der Waals surface area contributed by atoms with Gasteiger partial charge in [-0.3, -0.25) is 0 Å². The summed E-state index contributed by atoms with van der Waals surface area (Å²) in [6.07, 6.45) is 1.11. The molecule has 1 aromatic heterocycles. The van der Waals surface area contributed by atoms with Gasteiger partial charge in [-0.15, -0.1) is 0 Å². The van der Waals surface area contributed by atoms with E-state index in [1.807, 2.05) is 24.3 Å². The summed E-state index contributed by atoms with van der Waals surface area (Å²) in [5.74, 6) is -0.255. The van der Waals surface area contributed by atoms with Gasteiger partial charge in [-0.2, -0.15) is 0 Å². The summed E-state index contributed by atoms with van der Waals surface area (Å²) in [6, 6.07) is 9.39. The second kappa shape index (κ2) is 5.69. The van der Waals surface area contributed by atoms with Crippen LogP contribution in [0.5, 0.6) is 0 Å². The molecule has 21 heavy (non-hydrogen) atoms. The third kappa shape index (κ3) is 2.69. The Morgan fingerprint density at radius 3 is 3.05 bits per heavy atom. The molecule has 1 aliphatic rings. The standard InChI is InChI=1S/C16H18N2O3/c1-2-12-10-18(7-8-21-12)15-13-6-4-3-5-11(13)9-14(17-15)16(19)20/h3-6,9,12H,2,7-8,10H2,1H3,(H,19,20). The molecule has 110 valence electrons. The first-order valence-electron chi connectivity index (χ1n) is 7.18. The van der Waals surface area contributed by atoms with E-state index in [1.165, 1.54) is 0 Å². The Hall–Kier alpha value is -2.14. The van der Waals surface area contributed by atoms with E-state index in [9.17, 15) is 9.90 Å². The van der Waals surface area contributed by atoms with E-state index >= 15 is 0 Å². The molecule has 1 aromatic carbocycles. The number of nitrogens with zero attached hydrogens (tertiary/aromatic N) is 2. The van der Waals surface area contributed by atoms with Crippen LogP contribution in [-0.2, 0) is 4.74 Å². The zero-order valence-corrected chi connectivity index (χ0v) is 12.0. The van der Waals surface area contributed by atoms with Gasteiger partial charge < -0.3 is 14.7 Å². The van der Waals surface area contributed by atoms with Gasteiger partial charge in [0.2, 0.25) is 0 Å². The number of rotatable bonds is 3. The minimum atomic E-state index is -0.998. The van der Waals surface area contributed by atoms with E-state index in [1.54, 1.807) is 6.07 Å². The van der Waals surface area contributed by atoms with E-state index in [0.717, 1.165) is 36.1 Å². The van der Waals surface area contributed by atoms with Gasteiger partial charge in [0.1, 0.15) is 5.82 Å². The predicted octanol–water partition coefficient (Wildman–Crippen LogP) is 2.55. The van der Waals surface area contributed by atoms with Crippen molar-refractivity contribution < 1.29 is 14.6 Å². The van der Waals surface area contributed by atoms with Gasteiger partial charge in [0.25, 0.3) is 0 Å². The lowest BCUT2D eigenvalue weighted by atomic mass is 10.1. The summed E-state index contributed by atoms with van der Waals surface area (Å²) >= 11 is 0. The number of pyridine rings is 1. The van der Waals surface area contributed by atoms with Crippen LogP contribution in [0.4, 0.5) is 5.82 Å². The third-order valence-corrected chi connectivity index (χ3v) is 3.83. The van der Waals surface area contributed by atoms with E-state index in [0.29, 0.717) is 6.61 Å². The molecule has 1 N–H and O–H groups in total. The van der Waals surface area contributed by atoms with Crippen molar-refractivity contribution in [1.82, 2.24) is 4.98 Å². The Morgan fingerprint density at radius 2 is 2.29 bits per heavy atom. The van der Waals surface area contributed by atoms with Gasteiger partial charge in [-0.25, -0.2) is 9.78 Å². The van der Waals surface area contributed by atoms with E-state index < -0.39 is 5.97 Å². The maximum absolute atomic E-state index is 11.3. The number of aromatic nitrogens is 1. The van der Waals surface area contributed by atoms with Gasteiger partial charge >= 0.3 is 5.97 Å². The summed E-state index contributed by atoms with van der Waals surface area (Å²) in [5.41, 5.74) is 0.0863. The number of hydrogen-bond acceptors (Lipinski definition) is 4. The molecule has 1 unspecified atom stereocenters. The second-order valence-electron chi connectivity index (χ2n) is 5.20. The molecular formula is C16H18N2O3. The van der Waals surface area contributed by atoms with Gasteiger partial charge in [0.05, 0.1) is 12.7 Å². The van der Waals surface area contributed by atoms with Gasteiger partial charge in [-0.05, 0) is 17.9 Å². The molecule has 1 atom stereocenters. The quantitative estimate of drug-likeness (QED) is 0.939. The molecule has 0 bridgehead atoms. The highest BCUT2D eigenvalue weighted by molar-refractivity contribution is 5.98. The fourth-order valence-electron chi connectivity index (χ4n) is 2.69. The Balaban J connectivity index is 2.09. The number of carboxylic acid groups (broad SMARTS) is 1. The van der Waals surface area contributed by atoms with Crippen LogP contribution in [0.15, 0.2) is 30.3 Å². The number of carbonyl (C=O) groups is 1. The number of aromatic carboxylic acids is 1. The smallest absolute Gasteiger partial charge is 0.354 e. The van der Waals surface area contributed by atoms with Gasteiger partial charge in [0, 0.05) is 18.5 Å². The fourth-order valence-corrected chi connectivity index (χ4v) is 2.69. The number of hydrogen-bond donors (Lipinski definition) is 1. The van der Waals surface area contributed by atoms with Crippen molar-refractivity contribution in [2.45, 2.75) is 19.4 Å². The maximum Gasteiger partial charge on any atom is 0.354 e. The van der Waals surface area contributed by atoms with Gasteiger partial charge in [-0.1, -0.05) is 31.2 Å². The molecule has 3 rings (SSSR count). The minimum absolute atomic E-state index is 0.0863. The van der Waals surface area contributed by atoms with Crippen LogP contribution in [0.1, 0.15) is 23.8 Å². The van der Waals surface area contributed by atoms with Crippen molar-refractivity contribution in [3.05, 3.63) is 36.0 Å². The predicted molar refractivity (Wildman–Crippen MR) is 80.9 cm³/mol. The SMILES string of the molecule is CCC1CN(c2nc(C(=O)O)cc3ccccc23)CCO1. The Kier molecular flexibility index (Phi) is 3.75. The summed E-state index contributed by atoms with van der Waals surface area (Å²) in [6.45, 7) is 4.21. The second-order valence-corrected chi connectivity index (χ2v) is 5.20. The lowest BCUT2D eigenvalue weighted by Gasteiger charge is -2.34. The summed E-state index contributed by atoms with van der Waals surface area (Å²) in [5, 5.41) is 11.1. The molecule has 1 aliphatic heterocycles. The number of carboxylic acids is 1. The maximum atomic E-state index is 11.3. The summed E-state index contributed by atoms with van der Waals surface area (Å²) < 4.78 is 5.68. The van der Waals surface area contributed by atoms with Crippen LogP contribution in [0.2, 0.25) is 0 Å². The molecule has 0 aliphatic carbocycles. The molecule has 0 spiro atoms. The van der Waals surface area contributed by atoms with Crippen LogP contribution in [0.25, 0.3) is 10.8 Å². The summed E-state index contributed by atoms with van der Waals surface area (Å²) in [7, 11) is 0. The van der Waals surface area contributed by atoms with Crippen molar-refractivity contribution in [3.63, 3.8) is 0 Å². The Bertz CT molecular complexity index is 672. The first-order chi connectivity index (χ1) is 10.2. The van der Waals surface area contributed by atoms with Gasteiger partial charge in [0.15, 0.2) is 5.69 Å². The van der Waals surface area contributed by atoms with Crippen LogP contribution < -0.4 is 4.90 Å². The Labute approximate surface area is 123 Å². The number of benzene rings is 1. The van der Waals surface area contributed by atoms with Crippen LogP contribution in [-0.4, -0.2) is 41.9 Å². The molecule has 1 fully saturated rings. The topological polar surface area (TPSA) is 62.7 Å². The number of anilines is 1. The molecule has 0 amide bonds. The highest BCUT2D eigenvalue weighted by Crippen LogP contribution is 2.27. The zero-order chi connectivity index (χ0) is 14.8. The van der Waals surface area contributed by atoms with E-state index in [2.05, 4.69) is 16.8 Å². The third-order valence-electron chi connectivity index (χ3n) is 3.83. The molecule has 1 saturated heterocycles. The lowest BCUT2D eigenvalue weighted by molar-refractivity contribution is 0.0382. The highest BCUT2D eigenvalue weighted by Gasteiger charge is 2.22. The van der Waals surface area contributed by atoms with Crippen LogP contribution in [0, 0.1) is 0 Å². The van der Waals surface area contributed by atoms with Crippen molar-refractivity contribution in [2.75, 3.05) is 24.6 Å². The van der Waals surface area contributed by atoms with Crippen molar-refractivity contribution in [3.8, 4) is 0 Å². The van der Waals surface area contributed by atoms with Crippen molar-refractivity contribution >= 4 is 22.6 Å². The summed E-state index contributed by atoms with van der Waals surface area (Å²) in [4.78, 5) is 17.8. The average molecular weight is 286 g/mol.